The van der Waals surface area contributed by atoms with Gasteiger partial charge in [-0.1, -0.05) is 0 Å². The van der Waals surface area contributed by atoms with E-state index in [1.807, 2.05) is 0 Å². The third-order valence-electron chi connectivity index (χ3n) is 2.68. The maximum absolute atomic E-state index is 13.6. The van der Waals surface area contributed by atoms with E-state index in [1.54, 1.807) is 20.8 Å². The van der Waals surface area contributed by atoms with Crippen LogP contribution in [-0.4, -0.2) is 42.2 Å². The summed E-state index contributed by atoms with van der Waals surface area (Å²) in [5.74, 6) is -3.77. The highest BCUT2D eigenvalue weighted by Crippen LogP contribution is 2.32. The minimum absolute atomic E-state index is 0.0604. The van der Waals surface area contributed by atoms with Crippen molar-refractivity contribution in [3.8, 4) is 0 Å². The molecule has 4 nitrogen and oxygen atoms in total. The molecule has 0 spiro atoms. The third kappa shape index (κ3) is 3.80. The number of rotatable bonds is 1. The number of carbonyl (C=O) groups is 1. The summed E-state index contributed by atoms with van der Waals surface area (Å²) in [6.45, 7) is 4.71. The van der Waals surface area contributed by atoms with Crippen LogP contribution in [0.5, 0.6) is 0 Å². The smallest absolute Gasteiger partial charge is 0.410 e. The molecule has 0 aromatic carbocycles. The molecular weight excluding hydrogens is 230 g/mol. The number of nitrogens with zero attached hydrogens (tertiary/aromatic N) is 1. The molecule has 0 radical (unpaired) electrons. The SMILES string of the molecule is CC(C)(C)OC(=O)N1CCC(CN)C(F)(F)C1. The van der Waals surface area contributed by atoms with E-state index < -0.39 is 30.1 Å². The zero-order valence-electron chi connectivity index (χ0n) is 10.5. The summed E-state index contributed by atoms with van der Waals surface area (Å²) in [6, 6.07) is 0. The van der Waals surface area contributed by atoms with E-state index in [0.29, 0.717) is 0 Å². The average molecular weight is 250 g/mol. The van der Waals surface area contributed by atoms with Crippen molar-refractivity contribution in [1.82, 2.24) is 4.90 Å². The lowest BCUT2D eigenvalue weighted by molar-refractivity contribution is -0.107. The Labute approximate surface area is 100 Å². The Morgan fingerprint density at radius 1 is 1.53 bits per heavy atom. The zero-order chi connectivity index (χ0) is 13.3. The van der Waals surface area contributed by atoms with Crippen LogP contribution in [0.3, 0.4) is 0 Å². The minimum atomic E-state index is -2.93. The van der Waals surface area contributed by atoms with Crippen LogP contribution in [0.15, 0.2) is 0 Å². The molecule has 1 unspecified atom stereocenters. The van der Waals surface area contributed by atoms with E-state index in [2.05, 4.69) is 0 Å². The van der Waals surface area contributed by atoms with Gasteiger partial charge >= 0.3 is 6.09 Å². The van der Waals surface area contributed by atoms with Crippen LogP contribution in [0.25, 0.3) is 0 Å². The van der Waals surface area contributed by atoms with E-state index >= 15 is 0 Å². The van der Waals surface area contributed by atoms with Gasteiger partial charge in [-0.2, -0.15) is 0 Å². The average Bonchev–Trinajstić information content (AvgIpc) is 2.13. The zero-order valence-corrected chi connectivity index (χ0v) is 10.5. The lowest BCUT2D eigenvalue weighted by Gasteiger charge is -2.38. The van der Waals surface area contributed by atoms with Gasteiger partial charge in [-0.15, -0.1) is 0 Å². The summed E-state index contributed by atoms with van der Waals surface area (Å²) >= 11 is 0. The van der Waals surface area contributed by atoms with E-state index in [0.717, 1.165) is 4.90 Å². The quantitative estimate of drug-likeness (QED) is 0.772. The third-order valence-corrected chi connectivity index (χ3v) is 2.68. The molecule has 1 rings (SSSR count). The maximum Gasteiger partial charge on any atom is 0.410 e. The van der Waals surface area contributed by atoms with Crippen molar-refractivity contribution < 1.29 is 18.3 Å². The van der Waals surface area contributed by atoms with E-state index in [4.69, 9.17) is 10.5 Å². The number of hydrogen-bond acceptors (Lipinski definition) is 3. The van der Waals surface area contributed by atoms with Crippen molar-refractivity contribution in [1.29, 1.82) is 0 Å². The number of alkyl halides is 2. The Kier molecular flexibility index (Phi) is 3.96. The van der Waals surface area contributed by atoms with Gasteiger partial charge in [-0.3, -0.25) is 0 Å². The van der Waals surface area contributed by atoms with Gasteiger partial charge in [0.25, 0.3) is 5.92 Å². The normalized spacial score (nSPS) is 24.6. The molecule has 1 aliphatic rings. The van der Waals surface area contributed by atoms with Crippen LogP contribution < -0.4 is 5.73 Å². The molecule has 0 saturated carbocycles. The molecule has 0 aromatic heterocycles. The molecule has 6 heteroatoms. The predicted octanol–water partition coefficient (Wildman–Crippen LogP) is 1.84. The van der Waals surface area contributed by atoms with Gasteiger partial charge in [-0.05, 0) is 27.2 Å². The highest BCUT2D eigenvalue weighted by Gasteiger charge is 2.45. The summed E-state index contributed by atoms with van der Waals surface area (Å²) in [6.07, 6.45) is -0.476. The fourth-order valence-electron chi connectivity index (χ4n) is 1.76. The van der Waals surface area contributed by atoms with Crippen LogP contribution in [0.4, 0.5) is 13.6 Å². The second kappa shape index (κ2) is 4.76. The molecule has 1 amide bonds. The van der Waals surface area contributed by atoms with Crippen LogP contribution >= 0.6 is 0 Å². The fourth-order valence-corrected chi connectivity index (χ4v) is 1.76. The second-order valence-corrected chi connectivity index (χ2v) is 5.38. The number of ether oxygens (including phenoxy) is 1. The first-order chi connectivity index (χ1) is 7.65. The first kappa shape index (κ1) is 14.2. The van der Waals surface area contributed by atoms with Crippen molar-refractivity contribution in [3.05, 3.63) is 0 Å². The van der Waals surface area contributed by atoms with Crippen LogP contribution in [-0.2, 0) is 4.74 Å². The molecule has 1 aliphatic heterocycles. The molecule has 1 saturated heterocycles. The van der Waals surface area contributed by atoms with Gasteiger partial charge in [0.15, 0.2) is 0 Å². The Morgan fingerprint density at radius 3 is 2.53 bits per heavy atom. The van der Waals surface area contributed by atoms with Gasteiger partial charge in [-0.25, -0.2) is 13.6 Å². The summed E-state index contributed by atoms with van der Waals surface area (Å²) in [7, 11) is 0. The lowest BCUT2D eigenvalue weighted by atomic mass is 9.93. The summed E-state index contributed by atoms with van der Waals surface area (Å²) < 4.78 is 32.2. The first-order valence-electron chi connectivity index (χ1n) is 5.71. The molecule has 0 aliphatic carbocycles. The molecule has 1 heterocycles. The van der Waals surface area contributed by atoms with E-state index in [-0.39, 0.29) is 19.5 Å². The highest BCUT2D eigenvalue weighted by molar-refractivity contribution is 5.68. The van der Waals surface area contributed by atoms with Crippen LogP contribution in [0.1, 0.15) is 27.2 Å². The standard InChI is InChI=1S/C11H20F2N2O2/c1-10(2,3)17-9(16)15-5-4-8(6-14)11(12,13)7-15/h8H,4-7,14H2,1-3H3. The van der Waals surface area contributed by atoms with Gasteiger partial charge < -0.3 is 15.4 Å². The summed E-state index contributed by atoms with van der Waals surface area (Å²) in [5, 5.41) is 0. The van der Waals surface area contributed by atoms with Gasteiger partial charge in [0.05, 0.1) is 6.54 Å². The fraction of sp³-hybridized carbons (Fsp3) is 0.909. The molecule has 0 aromatic rings. The van der Waals surface area contributed by atoms with E-state index in [1.165, 1.54) is 0 Å². The maximum atomic E-state index is 13.6. The monoisotopic (exact) mass is 250 g/mol. The molecule has 17 heavy (non-hydrogen) atoms. The topological polar surface area (TPSA) is 55.6 Å². The Morgan fingerprint density at radius 2 is 2.12 bits per heavy atom. The molecule has 2 N–H and O–H groups in total. The number of likely N-dealkylation sites (tertiary alicyclic amines) is 1. The molecular formula is C11H20F2N2O2. The first-order valence-corrected chi connectivity index (χ1v) is 5.71. The van der Waals surface area contributed by atoms with E-state index in [9.17, 15) is 13.6 Å². The van der Waals surface area contributed by atoms with Crippen molar-refractivity contribution in [2.45, 2.75) is 38.7 Å². The summed E-state index contributed by atoms with van der Waals surface area (Å²) in [5.41, 5.74) is 4.62. The van der Waals surface area contributed by atoms with Crippen LogP contribution in [0.2, 0.25) is 0 Å². The molecule has 1 atom stereocenters. The number of halogens is 2. The molecule has 1 fully saturated rings. The Bertz CT molecular complexity index is 290. The van der Waals surface area contributed by atoms with Crippen molar-refractivity contribution in [2.24, 2.45) is 11.7 Å². The van der Waals surface area contributed by atoms with Crippen LogP contribution in [0, 0.1) is 5.92 Å². The predicted molar refractivity (Wildman–Crippen MR) is 59.9 cm³/mol. The number of amides is 1. The Balaban J connectivity index is 2.62. The largest absolute Gasteiger partial charge is 0.444 e. The number of carbonyl (C=O) groups excluding carboxylic acids is 1. The van der Waals surface area contributed by atoms with Crippen molar-refractivity contribution >= 4 is 6.09 Å². The van der Waals surface area contributed by atoms with Gasteiger partial charge in [0, 0.05) is 19.0 Å². The molecule has 0 bridgehead atoms. The second-order valence-electron chi connectivity index (χ2n) is 5.38. The highest BCUT2D eigenvalue weighted by atomic mass is 19.3. The summed E-state index contributed by atoms with van der Waals surface area (Å²) in [4.78, 5) is 12.7. The number of hydrogen-bond donors (Lipinski definition) is 1. The minimum Gasteiger partial charge on any atom is -0.444 e. The molecule has 100 valence electrons. The van der Waals surface area contributed by atoms with Crippen molar-refractivity contribution in [2.75, 3.05) is 19.6 Å². The van der Waals surface area contributed by atoms with Crippen molar-refractivity contribution in [3.63, 3.8) is 0 Å². The van der Waals surface area contributed by atoms with Gasteiger partial charge in [0.2, 0.25) is 0 Å². The Hall–Kier alpha value is -0.910. The number of piperidine rings is 1. The number of nitrogens with two attached hydrogens (primary N) is 1. The van der Waals surface area contributed by atoms with Gasteiger partial charge in [0.1, 0.15) is 5.60 Å². The lowest BCUT2D eigenvalue weighted by Crippen LogP contribution is -2.53.